The number of hydrogen-bond acceptors (Lipinski definition) is 3. The molecule has 6 heteroatoms. The quantitative estimate of drug-likeness (QED) is 0.806. The number of nitrogens with one attached hydrogen (secondary N) is 1. The van der Waals surface area contributed by atoms with E-state index in [9.17, 15) is 9.18 Å². The Kier molecular flexibility index (Phi) is 6.54. The average molecular weight is 383 g/mol. The topological polar surface area (TPSA) is 41.6 Å². The lowest BCUT2D eigenvalue weighted by Gasteiger charge is -2.32. The fourth-order valence-corrected chi connectivity index (χ4v) is 4.78. The standard InChI is InChI=1S/C20H28ClFN2O2/c1-26-24-10-6-15(7-11-24)12-19(25)23-14-20(8-2-3-9-20)17-5-4-16(22)13-18(17)21/h4-5,13,15H,2-3,6-12,14H2,1H3,(H,23,25). The monoisotopic (exact) mass is 382 g/mol. The molecule has 1 amide bonds. The molecule has 26 heavy (non-hydrogen) atoms. The Morgan fingerprint density at radius 2 is 2.04 bits per heavy atom. The smallest absolute Gasteiger partial charge is 0.220 e. The van der Waals surface area contributed by atoms with Crippen LogP contribution in [0.15, 0.2) is 18.2 Å². The van der Waals surface area contributed by atoms with Crippen molar-refractivity contribution < 1.29 is 14.0 Å². The molecule has 1 aromatic carbocycles. The van der Waals surface area contributed by atoms with E-state index in [0.717, 1.165) is 57.2 Å². The van der Waals surface area contributed by atoms with Crippen molar-refractivity contribution in [3.63, 3.8) is 0 Å². The lowest BCUT2D eigenvalue weighted by Crippen LogP contribution is -2.41. The van der Waals surface area contributed by atoms with Gasteiger partial charge >= 0.3 is 0 Å². The van der Waals surface area contributed by atoms with Crippen LogP contribution in [0.2, 0.25) is 5.02 Å². The second-order valence-electron chi connectivity index (χ2n) is 7.65. The highest BCUT2D eigenvalue weighted by Gasteiger charge is 2.37. The highest BCUT2D eigenvalue weighted by Crippen LogP contribution is 2.43. The zero-order chi connectivity index (χ0) is 18.6. The number of piperidine rings is 1. The average Bonchev–Trinajstić information content (AvgIpc) is 3.10. The first-order valence-electron chi connectivity index (χ1n) is 9.54. The van der Waals surface area contributed by atoms with Crippen LogP contribution in [-0.4, -0.2) is 37.7 Å². The molecule has 1 aliphatic carbocycles. The summed E-state index contributed by atoms with van der Waals surface area (Å²) in [6.07, 6.45) is 6.70. The second-order valence-corrected chi connectivity index (χ2v) is 8.05. The Morgan fingerprint density at radius 1 is 1.35 bits per heavy atom. The normalized spacial score (nSPS) is 21.0. The van der Waals surface area contributed by atoms with E-state index in [1.54, 1.807) is 13.2 Å². The number of carbonyl (C=O) groups excluding carboxylic acids is 1. The molecule has 0 aromatic heterocycles. The number of hydroxylamine groups is 2. The molecule has 0 radical (unpaired) electrons. The molecule has 1 aromatic rings. The first-order valence-corrected chi connectivity index (χ1v) is 9.91. The Bertz CT molecular complexity index is 626. The number of hydrogen-bond donors (Lipinski definition) is 1. The Morgan fingerprint density at radius 3 is 2.65 bits per heavy atom. The van der Waals surface area contributed by atoms with Crippen molar-refractivity contribution in [2.24, 2.45) is 5.92 Å². The Labute approximate surface area is 160 Å². The number of amides is 1. The van der Waals surface area contributed by atoms with Crippen LogP contribution in [0.5, 0.6) is 0 Å². The Hall–Kier alpha value is -1.17. The van der Waals surface area contributed by atoms with Gasteiger partial charge in [-0.05, 0) is 49.3 Å². The van der Waals surface area contributed by atoms with E-state index >= 15 is 0 Å². The van der Waals surface area contributed by atoms with E-state index in [1.807, 2.05) is 5.06 Å². The van der Waals surface area contributed by atoms with Crippen LogP contribution in [0.1, 0.15) is 50.5 Å². The van der Waals surface area contributed by atoms with Gasteiger partial charge in [-0.15, -0.1) is 0 Å². The molecule has 144 valence electrons. The number of rotatable bonds is 6. The molecule has 1 aliphatic heterocycles. The molecule has 1 saturated carbocycles. The van der Waals surface area contributed by atoms with Crippen LogP contribution in [0.4, 0.5) is 4.39 Å². The highest BCUT2D eigenvalue weighted by atomic mass is 35.5. The summed E-state index contributed by atoms with van der Waals surface area (Å²) in [5, 5.41) is 5.55. The zero-order valence-electron chi connectivity index (χ0n) is 15.4. The molecule has 2 aliphatic rings. The van der Waals surface area contributed by atoms with E-state index < -0.39 is 0 Å². The van der Waals surface area contributed by atoms with Gasteiger partial charge in [-0.1, -0.05) is 30.5 Å². The number of nitrogens with zero attached hydrogens (tertiary/aromatic N) is 1. The van der Waals surface area contributed by atoms with Crippen LogP contribution in [-0.2, 0) is 15.0 Å². The molecule has 1 N–H and O–H groups in total. The first kappa shape index (κ1) is 19.6. The van der Waals surface area contributed by atoms with Crippen molar-refractivity contribution >= 4 is 17.5 Å². The maximum absolute atomic E-state index is 13.4. The van der Waals surface area contributed by atoms with Crippen molar-refractivity contribution in [3.05, 3.63) is 34.6 Å². The lowest BCUT2D eigenvalue weighted by atomic mass is 9.78. The molecule has 4 nitrogen and oxygen atoms in total. The van der Waals surface area contributed by atoms with Crippen LogP contribution in [0.25, 0.3) is 0 Å². The molecule has 2 fully saturated rings. The van der Waals surface area contributed by atoms with E-state index in [4.69, 9.17) is 16.4 Å². The third kappa shape index (κ3) is 4.56. The van der Waals surface area contributed by atoms with Crippen LogP contribution >= 0.6 is 11.6 Å². The summed E-state index contributed by atoms with van der Waals surface area (Å²) >= 11 is 6.33. The summed E-state index contributed by atoms with van der Waals surface area (Å²) in [5.74, 6) is 0.194. The van der Waals surface area contributed by atoms with Gasteiger partial charge in [0.2, 0.25) is 5.91 Å². The van der Waals surface area contributed by atoms with Crippen molar-refractivity contribution in [1.29, 1.82) is 0 Å². The maximum atomic E-state index is 13.4. The molecular formula is C20H28ClFN2O2. The first-order chi connectivity index (χ1) is 12.5. The number of benzene rings is 1. The summed E-state index contributed by atoms with van der Waals surface area (Å²) in [6.45, 7) is 2.33. The number of halogens is 2. The molecule has 0 atom stereocenters. The minimum atomic E-state index is -0.321. The molecule has 0 unspecified atom stereocenters. The zero-order valence-corrected chi connectivity index (χ0v) is 16.2. The molecular weight excluding hydrogens is 355 g/mol. The van der Waals surface area contributed by atoms with Gasteiger partial charge in [0, 0.05) is 36.5 Å². The highest BCUT2D eigenvalue weighted by molar-refractivity contribution is 6.31. The van der Waals surface area contributed by atoms with E-state index in [0.29, 0.717) is 23.9 Å². The third-order valence-corrected chi connectivity index (χ3v) is 6.31. The summed E-state index contributed by atoms with van der Waals surface area (Å²) in [7, 11) is 1.69. The molecule has 1 saturated heterocycles. The minimum absolute atomic E-state index is 0.102. The molecule has 0 spiro atoms. The lowest BCUT2D eigenvalue weighted by molar-refractivity contribution is -0.149. The summed E-state index contributed by atoms with van der Waals surface area (Å²) in [6, 6.07) is 4.63. The number of carbonyl (C=O) groups is 1. The van der Waals surface area contributed by atoms with Gasteiger partial charge in [0.25, 0.3) is 0 Å². The fraction of sp³-hybridized carbons (Fsp3) is 0.650. The van der Waals surface area contributed by atoms with Crippen molar-refractivity contribution in [2.45, 2.75) is 50.4 Å². The van der Waals surface area contributed by atoms with Gasteiger partial charge in [-0.25, -0.2) is 4.39 Å². The van der Waals surface area contributed by atoms with Gasteiger partial charge in [-0.2, -0.15) is 5.06 Å². The van der Waals surface area contributed by atoms with E-state index in [2.05, 4.69) is 5.32 Å². The summed E-state index contributed by atoms with van der Waals surface area (Å²) in [5.41, 5.74) is 0.798. The Balaban J connectivity index is 1.58. The van der Waals surface area contributed by atoms with Crippen LogP contribution in [0.3, 0.4) is 0 Å². The van der Waals surface area contributed by atoms with Gasteiger partial charge in [0.05, 0.1) is 7.11 Å². The fourth-order valence-electron chi connectivity index (χ4n) is 4.41. The molecule has 3 rings (SSSR count). The summed E-state index contributed by atoms with van der Waals surface area (Å²) in [4.78, 5) is 17.7. The molecule has 0 bridgehead atoms. The predicted octanol–water partition coefficient (Wildman–Crippen LogP) is 4.07. The SMILES string of the molecule is CON1CCC(CC(=O)NCC2(c3ccc(F)cc3Cl)CCCC2)CC1. The van der Waals surface area contributed by atoms with E-state index in [-0.39, 0.29) is 17.1 Å². The van der Waals surface area contributed by atoms with Gasteiger partial charge in [0.15, 0.2) is 0 Å². The van der Waals surface area contributed by atoms with Crippen molar-refractivity contribution in [1.82, 2.24) is 10.4 Å². The van der Waals surface area contributed by atoms with Crippen LogP contribution in [0, 0.1) is 11.7 Å². The predicted molar refractivity (Wildman–Crippen MR) is 100 cm³/mol. The van der Waals surface area contributed by atoms with E-state index in [1.165, 1.54) is 12.1 Å². The molecule has 1 heterocycles. The third-order valence-electron chi connectivity index (χ3n) is 5.99. The van der Waals surface area contributed by atoms with Crippen molar-refractivity contribution in [2.75, 3.05) is 26.7 Å². The summed E-state index contributed by atoms with van der Waals surface area (Å²) < 4.78 is 13.4. The maximum Gasteiger partial charge on any atom is 0.220 e. The van der Waals surface area contributed by atoms with Crippen molar-refractivity contribution in [3.8, 4) is 0 Å². The largest absolute Gasteiger partial charge is 0.355 e. The van der Waals surface area contributed by atoms with Crippen LogP contribution < -0.4 is 5.32 Å². The van der Waals surface area contributed by atoms with Gasteiger partial charge < -0.3 is 10.2 Å². The minimum Gasteiger partial charge on any atom is -0.355 e. The van der Waals surface area contributed by atoms with Gasteiger partial charge in [0.1, 0.15) is 5.82 Å². The second kappa shape index (κ2) is 8.68. The van der Waals surface area contributed by atoms with Gasteiger partial charge in [-0.3, -0.25) is 4.79 Å².